The Labute approximate surface area is 130 Å². The van der Waals surface area contributed by atoms with Gasteiger partial charge in [-0.1, -0.05) is 6.07 Å². The molecule has 1 aromatic carbocycles. The Kier molecular flexibility index (Phi) is 3.81. The molecule has 2 aromatic heterocycles. The number of amides is 1. The van der Waals surface area contributed by atoms with Crippen molar-refractivity contribution in [2.45, 2.75) is 13.3 Å². The van der Waals surface area contributed by atoms with Crippen LogP contribution in [0.3, 0.4) is 0 Å². The summed E-state index contributed by atoms with van der Waals surface area (Å²) in [5.74, 6) is -0.0495. The van der Waals surface area contributed by atoms with E-state index in [2.05, 4.69) is 15.3 Å². The van der Waals surface area contributed by atoms with Gasteiger partial charge in [0.15, 0.2) is 3.95 Å². The van der Waals surface area contributed by atoms with Crippen molar-refractivity contribution >= 4 is 46.1 Å². The van der Waals surface area contributed by atoms with Gasteiger partial charge in [0.25, 0.3) is 0 Å². The number of pyridine rings is 1. The minimum atomic E-state index is -0.0495. The van der Waals surface area contributed by atoms with Crippen molar-refractivity contribution in [2.24, 2.45) is 0 Å². The molecule has 0 saturated heterocycles. The molecule has 0 fully saturated rings. The van der Waals surface area contributed by atoms with Crippen LogP contribution in [0.4, 0.5) is 5.69 Å². The highest BCUT2D eigenvalue weighted by molar-refractivity contribution is 7.73. The van der Waals surface area contributed by atoms with E-state index in [0.29, 0.717) is 10.4 Å². The van der Waals surface area contributed by atoms with Gasteiger partial charge in [0.1, 0.15) is 0 Å². The van der Waals surface area contributed by atoms with Gasteiger partial charge in [0, 0.05) is 27.8 Å². The molecule has 0 aliphatic carbocycles. The number of nitrogens with zero attached hydrogens (tertiary/aromatic N) is 1. The van der Waals surface area contributed by atoms with Gasteiger partial charge in [-0.05, 0) is 43.4 Å². The minimum absolute atomic E-state index is 0.0495. The SMILES string of the molecule is Cc1[nH]c(=S)sc1CC(=O)Nc1ccc2ncccc2c1. The lowest BCUT2D eigenvalue weighted by atomic mass is 10.2. The summed E-state index contributed by atoms with van der Waals surface area (Å²) in [5.41, 5.74) is 2.65. The number of hydrogen-bond donors (Lipinski definition) is 2. The Morgan fingerprint density at radius 2 is 2.29 bits per heavy atom. The summed E-state index contributed by atoms with van der Waals surface area (Å²) in [6, 6.07) is 9.53. The third-order valence-electron chi connectivity index (χ3n) is 3.13. The maximum absolute atomic E-state index is 12.1. The molecule has 0 saturated carbocycles. The van der Waals surface area contributed by atoms with Gasteiger partial charge in [-0.15, -0.1) is 11.3 Å². The number of thiazole rings is 1. The molecule has 4 nitrogen and oxygen atoms in total. The topological polar surface area (TPSA) is 57.8 Å². The van der Waals surface area contributed by atoms with E-state index in [1.54, 1.807) is 6.20 Å². The van der Waals surface area contributed by atoms with Crippen LogP contribution in [0.2, 0.25) is 0 Å². The van der Waals surface area contributed by atoms with Crippen LogP contribution < -0.4 is 5.32 Å². The summed E-state index contributed by atoms with van der Waals surface area (Å²) in [7, 11) is 0. The monoisotopic (exact) mass is 315 g/mol. The fourth-order valence-corrected chi connectivity index (χ4v) is 3.40. The van der Waals surface area contributed by atoms with Crippen molar-refractivity contribution in [2.75, 3.05) is 5.32 Å². The number of aromatic amines is 1. The third-order valence-corrected chi connectivity index (χ3v) is 4.47. The van der Waals surface area contributed by atoms with Crippen LogP contribution >= 0.6 is 23.6 Å². The summed E-state index contributed by atoms with van der Waals surface area (Å²) >= 11 is 6.52. The molecule has 106 valence electrons. The highest BCUT2D eigenvalue weighted by Gasteiger charge is 2.09. The molecule has 0 aliphatic heterocycles. The molecule has 2 N–H and O–H groups in total. The van der Waals surface area contributed by atoms with E-state index < -0.39 is 0 Å². The van der Waals surface area contributed by atoms with Crippen molar-refractivity contribution < 1.29 is 4.79 Å². The maximum Gasteiger partial charge on any atom is 0.229 e. The third kappa shape index (κ3) is 3.17. The number of carbonyl (C=O) groups excluding carboxylic acids is 1. The fourth-order valence-electron chi connectivity index (χ4n) is 2.11. The lowest BCUT2D eigenvalue weighted by Crippen LogP contribution is -2.14. The van der Waals surface area contributed by atoms with E-state index >= 15 is 0 Å². The molecule has 2 heterocycles. The summed E-state index contributed by atoms with van der Waals surface area (Å²) in [4.78, 5) is 20.4. The lowest BCUT2D eigenvalue weighted by molar-refractivity contribution is -0.115. The predicted octanol–water partition coefficient (Wildman–Crippen LogP) is 3.84. The Bertz CT molecular complexity index is 866. The van der Waals surface area contributed by atoms with Crippen molar-refractivity contribution in [1.29, 1.82) is 0 Å². The first kappa shape index (κ1) is 13.9. The number of carbonyl (C=O) groups is 1. The molecule has 3 aromatic rings. The van der Waals surface area contributed by atoms with E-state index in [-0.39, 0.29) is 5.91 Å². The van der Waals surface area contributed by atoms with E-state index in [9.17, 15) is 4.79 Å². The predicted molar refractivity (Wildman–Crippen MR) is 88.3 cm³/mol. The van der Waals surface area contributed by atoms with Crippen molar-refractivity contribution in [3.63, 3.8) is 0 Å². The number of anilines is 1. The molecule has 1 amide bonds. The number of aryl methyl sites for hydroxylation is 1. The summed E-state index contributed by atoms with van der Waals surface area (Å²) in [6.45, 7) is 1.93. The average molecular weight is 315 g/mol. The van der Waals surface area contributed by atoms with Crippen molar-refractivity contribution in [3.8, 4) is 0 Å². The molecule has 0 spiro atoms. The van der Waals surface area contributed by atoms with Crippen LogP contribution in [0.25, 0.3) is 10.9 Å². The standard InChI is InChI=1S/C15H13N3OS2/c1-9-13(21-15(20)17-9)8-14(19)18-11-4-5-12-10(7-11)3-2-6-16-12/h2-7H,8H2,1H3,(H,17,20)(H,18,19). The number of aromatic nitrogens is 2. The molecule has 0 bridgehead atoms. The molecule has 21 heavy (non-hydrogen) atoms. The number of benzene rings is 1. The smallest absolute Gasteiger partial charge is 0.229 e. The molecule has 0 aliphatic rings. The van der Waals surface area contributed by atoms with Crippen LogP contribution in [0, 0.1) is 10.9 Å². The number of H-pyrrole nitrogens is 1. The second-order valence-corrected chi connectivity index (χ2v) is 6.47. The van der Waals surface area contributed by atoms with Crippen LogP contribution in [0.5, 0.6) is 0 Å². The summed E-state index contributed by atoms with van der Waals surface area (Å²) in [5, 5.41) is 3.91. The zero-order valence-electron chi connectivity index (χ0n) is 11.3. The first-order valence-electron chi connectivity index (χ1n) is 6.45. The van der Waals surface area contributed by atoms with E-state index in [0.717, 1.165) is 27.2 Å². The van der Waals surface area contributed by atoms with Gasteiger partial charge in [0.2, 0.25) is 5.91 Å². The van der Waals surface area contributed by atoms with E-state index in [1.807, 2.05) is 37.3 Å². The normalized spacial score (nSPS) is 10.7. The van der Waals surface area contributed by atoms with Crippen LogP contribution in [0.1, 0.15) is 10.6 Å². The molecule has 6 heteroatoms. The lowest BCUT2D eigenvalue weighted by Gasteiger charge is -2.06. The molecular formula is C15H13N3OS2. The summed E-state index contributed by atoms with van der Waals surface area (Å²) in [6.07, 6.45) is 2.08. The molecular weight excluding hydrogens is 302 g/mol. The number of nitrogens with one attached hydrogen (secondary N) is 2. The van der Waals surface area contributed by atoms with Gasteiger partial charge in [-0.2, -0.15) is 0 Å². The minimum Gasteiger partial charge on any atom is -0.341 e. The Morgan fingerprint density at radius 3 is 3.05 bits per heavy atom. The van der Waals surface area contributed by atoms with E-state index in [1.165, 1.54) is 11.3 Å². The Hall–Kier alpha value is -2.05. The largest absolute Gasteiger partial charge is 0.341 e. The zero-order valence-corrected chi connectivity index (χ0v) is 13.0. The molecule has 0 radical (unpaired) electrons. The number of fused-ring (bicyclic) bond motifs is 1. The second-order valence-electron chi connectivity index (χ2n) is 4.70. The summed E-state index contributed by atoms with van der Waals surface area (Å²) < 4.78 is 0.701. The maximum atomic E-state index is 12.1. The van der Waals surface area contributed by atoms with Crippen LogP contribution in [-0.2, 0) is 11.2 Å². The second kappa shape index (κ2) is 5.75. The Morgan fingerprint density at radius 1 is 1.43 bits per heavy atom. The van der Waals surface area contributed by atoms with Crippen molar-refractivity contribution in [3.05, 3.63) is 51.1 Å². The van der Waals surface area contributed by atoms with Gasteiger partial charge >= 0.3 is 0 Å². The molecule has 0 unspecified atom stereocenters. The van der Waals surface area contributed by atoms with Gasteiger partial charge in [0.05, 0.1) is 11.9 Å². The highest BCUT2D eigenvalue weighted by atomic mass is 32.1. The number of hydrogen-bond acceptors (Lipinski definition) is 4. The zero-order chi connectivity index (χ0) is 14.8. The van der Waals surface area contributed by atoms with Crippen LogP contribution in [0.15, 0.2) is 36.5 Å². The van der Waals surface area contributed by atoms with Gasteiger partial charge in [-0.3, -0.25) is 9.78 Å². The average Bonchev–Trinajstić information content (AvgIpc) is 2.76. The quantitative estimate of drug-likeness (QED) is 0.722. The highest BCUT2D eigenvalue weighted by Crippen LogP contribution is 2.19. The molecule has 3 rings (SSSR count). The first-order chi connectivity index (χ1) is 10.1. The number of rotatable bonds is 3. The van der Waals surface area contributed by atoms with Crippen LogP contribution in [-0.4, -0.2) is 15.9 Å². The first-order valence-corrected chi connectivity index (χ1v) is 7.67. The van der Waals surface area contributed by atoms with Gasteiger partial charge in [-0.25, -0.2) is 0 Å². The van der Waals surface area contributed by atoms with Crippen molar-refractivity contribution in [1.82, 2.24) is 9.97 Å². The van der Waals surface area contributed by atoms with Gasteiger partial charge < -0.3 is 10.3 Å². The molecule has 0 atom stereocenters. The Balaban J connectivity index is 1.76. The fraction of sp³-hybridized carbons (Fsp3) is 0.133. The van der Waals surface area contributed by atoms with E-state index in [4.69, 9.17) is 12.2 Å².